The lowest BCUT2D eigenvalue weighted by Gasteiger charge is -2.13. The van der Waals surface area contributed by atoms with Gasteiger partial charge in [-0.2, -0.15) is 13.2 Å². The van der Waals surface area contributed by atoms with Gasteiger partial charge in [0.1, 0.15) is 11.1 Å². The van der Waals surface area contributed by atoms with Crippen LogP contribution < -0.4 is 0 Å². The maximum absolute atomic E-state index is 13.7. The van der Waals surface area contributed by atoms with Crippen LogP contribution in [0.2, 0.25) is 0 Å². The number of hydrogen-bond acceptors (Lipinski definition) is 1. The summed E-state index contributed by atoms with van der Waals surface area (Å²) >= 11 is 0. The summed E-state index contributed by atoms with van der Waals surface area (Å²) < 4.78 is 91.5. The van der Waals surface area contributed by atoms with E-state index < -0.39 is 46.4 Å². The second-order valence-electron chi connectivity index (χ2n) is 4.20. The van der Waals surface area contributed by atoms with Gasteiger partial charge in [-0.25, -0.2) is 17.6 Å². The van der Waals surface area contributed by atoms with Crippen molar-refractivity contribution in [1.82, 2.24) is 0 Å². The van der Waals surface area contributed by atoms with E-state index in [9.17, 15) is 35.5 Å². The van der Waals surface area contributed by atoms with Gasteiger partial charge in [0.15, 0.2) is 29.1 Å². The normalized spacial score (nSPS) is 11.6. The van der Waals surface area contributed by atoms with Crippen LogP contribution in [0.5, 0.6) is 0 Å². The predicted octanol–water partition coefficient (Wildman–Crippen LogP) is 4.49. The Morgan fingerprint density at radius 1 is 0.773 bits per heavy atom. The van der Waals surface area contributed by atoms with Gasteiger partial charge in [-0.05, 0) is 0 Å². The number of benzene rings is 2. The van der Waals surface area contributed by atoms with Crippen molar-refractivity contribution in [3.63, 3.8) is 0 Å². The molecular formula is C14H5F7O. The van der Waals surface area contributed by atoms with Crippen LogP contribution in [0.4, 0.5) is 30.7 Å². The first kappa shape index (κ1) is 16.0. The van der Waals surface area contributed by atoms with Gasteiger partial charge in [-0.3, -0.25) is 4.79 Å². The number of hydrogen-bond donors (Lipinski definition) is 0. The molecule has 0 aliphatic rings. The van der Waals surface area contributed by atoms with Crippen LogP contribution in [0.15, 0.2) is 30.3 Å². The second kappa shape index (κ2) is 5.43. The van der Waals surface area contributed by atoms with E-state index in [4.69, 9.17) is 0 Å². The smallest absolute Gasteiger partial charge is 0.288 e. The topological polar surface area (TPSA) is 17.1 Å². The first-order valence-electron chi connectivity index (χ1n) is 5.69. The Hall–Kier alpha value is -2.38. The SMILES string of the molecule is O=C(c1ccccc1)c1c(F)c(F)c(C(F)(F)F)c(F)c1F. The maximum Gasteiger partial charge on any atom is 0.422 e. The molecule has 0 N–H and O–H groups in total. The highest BCUT2D eigenvalue weighted by Gasteiger charge is 2.43. The molecule has 0 aliphatic heterocycles. The molecule has 0 heterocycles. The standard InChI is InChI=1S/C14H5F7O/c15-9-7(13(22)6-4-2-1-3-5-6)10(16)12(18)8(11(9)17)14(19,20)21/h1-5H. The maximum atomic E-state index is 13.7. The summed E-state index contributed by atoms with van der Waals surface area (Å²) in [6.07, 6.45) is -5.65. The molecule has 0 spiro atoms. The fourth-order valence-electron chi connectivity index (χ4n) is 1.81. The van der Waals surface area contributed by atoms with Crippen molar-refractivity contribution in [2.75, 3.05) is 0 Å². The Bertz CT molecular complexity index is 706. The molecule has 0 atom stereocenters. The fourth-order valence-corrected chi connectivity index (χ4v) is 1.81. The van der Waals surface area contributed by atoms with Crippen molar-refractivity contribution in [3.8, 4) is 0 Å². The molecule has 0 aliphatic carbocycles. The van der Waals surface area contributed by atoms with Crippen molar-refractivity contribution >= 4 is 5.78 Å². The lowest BCUT2D eigenvalue weighted by atomic mass is 9.99. The molecule has 116 valence electrons. The molecule has 0 saturated carbocycles. The molecule has 22 heavy (non-hydrogen) atoms. The minimum absolute atomic E-state index is 0.334. The highest BCUT2D eigenvalue weighted by molar-refractivity contribution is 6.09. The molecule has 1 nitrogen and oxygen atoms in total. The van der Waals surface area contributed by atoms with E-state index in [0.717, 1.165) is 12.1 Å². The van der Waals surface area contributed by atoms with Crippen molar-refractivity contribution < 1.29 is 35.5 Å². The zero-order chi connectivity index (χ0) is 16.7. The van der Waals surface area contributed by atoms with Crippen LogP contribution in [0.1, 0.15) is 21.5 Å². The zero-order valence-electron chi connectivity index (χ0n) is 10.4. The second-order valence-corrected chi connectivity index (χ2v) is 4.20. The van der Waals surface area contributed by atoms with Crippen molar-refractivity contribution in [1.29, 1.82) is 0 Å². The number of rotatable bonds is 2. The van der Waals surface area contributed by atoms with E-state index in [1.807, 2.05) is 0 Å². The summed E-state index contributed by atoms with van der Waals surface area (Å²) in [6.45, 7) is 0. The number of carbonyl (C=O) groups excluding carboxylic acids is 1. The summed E-state index contributed by atoms with van der Waals surface area (Å²) in [5.41, 5.74) is -4.76. The van der Waals surface area contributed by atoms with Crippen molar-refractivity contribution in [3.05, 3.63) is 70.3 Å². The van der Waals surface area contributed by atoms with Crippen LogP contribution in [0, 0.1) is 23.3 Å². The molecule has 2 rings (SSSR count). The van der Waals surface area contributed by atoms with Gasteiger partial charge >= 0.3 is 6.18 Å². The highest BCUT2D eigenvalue weighted by atomic mass is 19.4. The average molecular weight is 322 g/mol. The Kier molecular flexibility index (Phi) is 3.95. The predicted molar refractivity (Wildman–Crippen MR) is 61.2 cm³/mol. The minimum atomic E-state index is -5.65. The van der Waals surface area contributed by atoms with E-state index in [-0.39, 0.29) is 5.56 Å². The number of carbonyl (C=O) groups is 1. The Balaban J connectivity index is 2.73. The first-order chi connectivity index (χ1) is 10.2. The summed E-state index contributed by atoms with van der Waals surface area (Å²) in [5, 5.41) is 0. The molecule has 2 aromatic carbocycles. The van der Waals surface area contributed by atoms with Crippen LogP contribution >= 0.6 is 0 Å². The highest BCUT2D eigenvalue weighted by Crippen LogP contribution is 2.37. The average Bonchev–Trinajstić information content (AvgIpc) is 2.45. The summed E-state index contributed by atoms with van der Waals surface area (Å²) in [4.78, 5) is 11.9. The molecule has 0 bridgehead atoms. The van der Waals surface area contributed by atoms with Gasteiger partial charge in [-0.15, -0.1) is 0 Å². The first-order valence-corrected chi connectivity index (χ1v) is 5.69. The largest absolute Gasteiger partial charge is 0.422 e. The zero-order valence-corrected chi connectivity index (χ0v) is 10.4. The van der Waals surface area contributed by atoms with Gasteiger partial charge in [0, 0.05) is 5.56 Å². The van der Waals surface area contributed by atoms with E-state index >= 15 is 0 Å². The molecule has 0 unspecified atom stereocenters. The Labute approximate surface area is 119 Å². The Morgan fingerprint density at radius 3 is 1.64 bits per heavy atom. The van der Waals surface area contributed by atoms with E-state index in [1.165, 1.54) is 18.2 Å². The number of alkyl halides is 3. The quantitative estimate of drug-likeness (QED) is 0.452. The van der Waals surface area contributed by atoms with E-state index in [1.54, 1.807) is 0 Å². The molecule has 0 fully saturated rings. The lowest BCUT2D eigenvalue weighted by Crippen LogP contribution is -2.19. The molecule has 8 heteroatoms. The lowest BCUT2D eigenvalue weighted by molar-refractivity contribution is -0.143. The van der Waals surface area contributed by atoms with Crippen LogP contribution in [-0.2, 0) is 6.18 Å². The summed E-state index contributed by atoms with van der Waals surface area (Å²) in [6, 6.07) is 6.25. The van der Waals surface area contributed by atoms with Crippen molar-refractivity contribution in [2.45, 2.75) is 6.18 Å². The van der Waals surface area contributed by atoms with Gasteiger partial charge in [0.05, 0.1) is 0 Å². The minimum Gasteiger partial charge on any atom is -0.288 e. The van der Waals surface area contributed by atoms with Crippen LogP contribution in [-0.4, -0.2) is 5.78 Å². The monoisotopic (exact) mass is 322 g/mol. The summed E-state index contributed by atoms with van der Waals surface area (Å²) in [7, 11) is 0. The van der Waals surface area contributed by atoms with Gasteiger partial charge < -0.3 is 0 Å². The summed E-state index contributed by atoms with van der Waals surface area (Å²) in [5.74, 6) is -11.6. The number of halogens is 7. The van der Waals surface area contributed by atoms with Gasteiger partial charge in [0.25, 0.3) is 0 Å². The molecule has 0 radical (unpaired) electrons. The molecule has 0 aromatic heterocycles. The van der Waals surface area contributed by atoms with Gasteiger partial charge in [0.2, 0.25) is 0 Å². The van der Waals surface area contributed by atoms with Gasteiger partial charge in [-0.1, -0.05) is 30.3 Å². The van der Waals surface area contributed by atoms with Crippen molar-refractivity contribution in [2.24, 2.45) is 0 Å². The van der Waals surface area contributed by atoms with E-state index in [2.05, 4.69) is 0 Å². The third-order valence-electron chi connectivity index (χ3n) is 2.81. The molecule has 0 amide bonds. The van der Waals surface area contributed by atoms with Crippen LogP contribution in [0.25, 0.3) is 0 Å². The third kappa shape index (κ3) is 2.56. The molecule has 0 saturated heterocycles. The van der Waals surface area contributed by atoms with Crippen LogP contribution in [0.3, 0.4) is 0 Å². The van der Waals surface area contributed by atoms with E-state index in [0.29, 0.717) is 0 Å². The fraction of sp³-hybridized carbons (Fsp3) is 0.0714. The third-order valence-corrected chi connectivity index (χ3v) is 2.81. The molecule has 2 aromatic rings. The number of ketones is 1. The Morgan fingerprint density at radius 2 is 1.23 bits per heavy atom. The molecular weight excluding hydrogens is 317 g/mol.